The molecule has 0 saturated carbocycles. The second kappa shape index (κ2) is 6.20. The Labute approximate surface area is 139 Å². The zero-order chi connectivity index (χ0) is 17.3. The number of aromatic nitrogens is 1. The van der Waals surface area contributed by atoms with Crippen LogP contribution in [-0.4, -0.2) is 23.8 Å². The van der Waals surface area contributed by atoms with Crippen molar-refractivity contribution < 1.29 is 14.3 Å². The molecule has 0 saturated heterocycles. The van der Waals surface area contributed by atoms with E-state index >= 15 is 0 Å². The van der Waals surface area contributed by atoms with Gasteiger partial charge in [-0.25, -0.2) is 0 Å². The fourth-order valence-corrected chi connectivity index (χ4v) is 2.78. The van der Waals surface area contributed by atoms with Crippen LogP contribution in [0, 0.1) is 13.8 Å². The SMILES string of the molecule is COc1ccc(C)cc1NC(=O)C(=O)c1c(C)[nH]c2ccccc12. The highest BCUT2D eigenvalue weighted by Crippen LogP contribution is 2.26. The van der Waals surface area contributed by atoms with E-state index in [-0.39, 0.29) is 0 Å². The molecule has 2 N–H and O–H groups in total. The van der Waals surface area contributed by atoms with Crippen molar-refractivity contribution in [2.75, 3.05) is 12.4 Å². The summed E-state index contributed by atoms with van der Waals surface area (Å²) in [5, 5.41) is 3.40. The van der Waals surface area contributed by atoms with Crippen LogP contribution in [0.25, 0.3) is 10.9 Å². The smallest absolute Gasteiger partial charge is 0.296 e. The molecule has 0 radical (unpaired) electrons. The molecule has 3 aromatic rings. The average Bonchev–Trinajstić information content (AvgIpc) is 2.90. The normalized spacial score (nSPS) is 10.6. The Kier molecular flexibility index (Phi) is 4.08. The Balaban J connectivity index is 1.94. The molecule has 0 unspecified atom stereocenters. The molecule has 0 aliphatic rings. The molecule has 122 valence electrons. The standard InChI is InChI=1S/C19H18N2O3/c1-11-8-9-16(24-3)15(10-11)21-19(23)18(22)17-12(2)20-14-7-5-4-6-13(14)17/h4-10,20H,1-3H3,(H,21,23). The molecule has 0 aliphatic carbocycles. The Morgan fingerprint density at radius 3 is 2.58 bits per heavy atom. The van der Waals surface area contributed by atoms with E-state index in [2.05, 4.69) is 10.3 Å². The molecule has 0 bridgehead atoms. The van der Waals surface area contributed by atoms with Gasteiger partial charge in [-0.05, 0) is 37.6 Å². The number of anilines is 1. The number of ether oxygens (including phenoxy) is 1. The number of hydrogen-bond acceptors (Lipinski definition) is 3. The maximum atomic E-state index is 12.7. The highest BCUT2D eigenvalue weighted by molar-refractivity contribution is 6.48. The third-order valence-electron chi connectivity index (χ3n) is 3.93. The minimum absolute atomic E-state index is 0.398. The second-order valence-corrected chi connectivity index (χ2v) is 5.66. The van der Waals surface area contributed by atoms with Crippen molar-refractivity contribution >= 4 is 28.3 Å². The number of carbonyl (C=O) groups excluding carboxylic acids is 2. The first-order valence-corrected chi connectivity index (χ1v) is 7.59. The van der Waals surface area contributed by atoms with Gasteiger partial charge in [0.05, 0.1) is 18.4 Å². The van der Waals surface area contributed by atoms with Gasteiger partial charge in [-0.1, -0.05) is 24.3 Å². The maximum Gasteiger partial charge on any atom is 0.296 e. The van der Waals surface area contributed by atoms with Crippen LogP contribution in [0.4, 0.5) is 5.69 Å². The Morgan fingerprint density at radius 2 is 1.83 bits per heavy atom. The lowest BCUT2D eigenvalue weighted by Crippen LogP contribution is -2.23. The predicted octanol–water partition coefficient (Wildman–Crippen LogP) is 3.61. The van der Waals surface area contributed by atoms with Gasteiger partial charge in [-0.15, -0.1) is 0 Å². The van der Waals surface area contributed by atoms with Crippen molar-refractivity contribution in [3.63, 3.8) is 0 Å². The van der Waals surface area contributed by atoms with Crippen molar-refractivity contribution in [2.24, 2.45) is 0 Å². The van der Waals surface area contributed by atoms with Crippen LogP contribution in [0.2, 0.25) is 0 Å². The minimum Gasteiger partial charge on any atom is -0.495 e. The lowest BCUT2D eigenvalue weighted by Gasteiger charge is -2.10. The summed E-state index contributed by atoms with van der Waals surface area (Å²) < 4.78 is 5.23. The lowest BCUT2D eigenvalue weighted by atomic mass is 10.1. The number of fused-ring (bicyclic) bond motifs is 1. The topological polar surface area (TPSA) is 71.2 Å². The molecule has 1 aromatic heterocycles. The molecule has 24 heavy (non-hydrogen) atoms. The van der Waals surface area contributed by atoms with Crippen LogP contribution in [-0.2, 0) is 4.79 Å². The van der Waals surface area contributed by atoms with E-state index in [9.17, 15) is 9.59 Å². The first-order valence-electron chi connectivity index (χ1n) is 7.59. The number of amides is 1. The molecule has 5 nitrogen and oxygen atoms in total. The number of rotatable bonds is 4. The fraction of sp³-hybridized carbons (Fsp3) is 0.158. The number of aryl methyl sites for hydroxylation is 2. The van der Waals surface area contributed by atoms with Crippen LogP contribution in [0.3, 0.4) is 0 Å². The number of hydrogen-bond donors (Lipinski definition) is 2. The molecule has 1 amide bonds. The van der Waals surface area contributed by atoms with Gasteiger partial charge in [0, 0.05) is 16.6 Å². The molecule has 1 heterocycles. The molecule has 0 fully saturated rings. The Bertz CT molecular complexity index is 941. The van der Waals surface area contributed by atoms with Crippen molar-refractivity contribution in [1.29, 1.82) is 0 Å². The van der Waals surface area contributed by atoms with Crippen molar-refractivity contribution in [3.8, 4) is 5.75 Å². The van der Waals surface area contributed by atoms with Crippen molar-refractivity contribution in [3.05, 3.63) is 59.3 Å². The zero-order valence-electron chi connectivity index (χ0n) is 13.8. The number of methoxy groups -OCH3 is 1. The van der Waals surface area contributed by atoms with Crippen LogP contribution in [0.15, 0.2) is 42.5 Å². The molecule has 5 heteroatoms. The summed E-state index contributed by atoms with van der Waals surface area (Å²) >= 11 is 0. The van der Waals surface area contributed by atoms with Crippen LogP contribution >= 0.6 is 0 Å². The number of H-pyrrole nitrogens is 1. The number of Topliss-reactive ketones (excluding diaryl/α,β-unsaturated/α-hetero) is 1. The van der Waals surface area contributed by atoms with Crippen LogP contribution in [0.1, 0.15) is 21.6 Å². The fourth-order valence-electron chi connectivity index (χ4n) is 2.78. The van der Waals surface area contributed by atoms with Gasteiger partial charge in [0.15, 0.2) is 0 Å². The van der Waals surface area contributed by atoms with Gasteiger partial charge in [0.1, 0.15) is 5.75 Å². The number of nitrogens with one attached hydrogen (secondary N) is 2. The lowest BCUT2D eigenvalue weighted by molar-refractivity contribution is -0.112. The van der Waals surface area contributed by atoms with E-state index in [1.807, 2.05) is 37.3 Å². The monoisotopic (exact) mass is 322 g/mol. The van der Waals surface area contributed by atoms with Gasteiger partial charge in [-0.3, -0.25) is 9.59 Å². The van der Waals surface area contributed by atoms with E-state index in [4.69, 9.17) is 4.74 Å². The maximum absolute atomic E-state index is 12.7. The van der Waals surface area contributed by atoms with Crippen LogP contribution in [0.5, 0.6) is 5.75 Å². The van der Waals surface area contributed by atoms with E-state index in [0.717, 1.165) is 16.5 Å². The van der Waals surface area contributed by atoms with Gasteiger partial charge in [0.2, 0.25) is 0 Å². The molecule has 3 rings (SSSR count). The van der Waals surface area contributed by atoms with Crippen molar-refractivity contribution in [1.82, 2.24) is 4.98 Å². The minimum atomic E-state index is -0.688. The average molecular weight is 322 g/mol. The summed E-state index contributed by atoms with van der Waals surface area (Å²) in [5.41, 5.74) is 3.34. The number of carbonyl (C=O) groups is 2. The molecule has 0 spiro atoms. The number of aromatic amines is 1. The summed E-state index contributed by atoms with van der Waals surface area (Å²) in [6.45, 7) is 3.69. The number of para-hydroxylation sites is 1. The van der Waals surface area contributed by atoms with E-state index in [1.165, 1.54) is 7.11 Å². The molecular weight excluding hydrogens is 304 g/mol. The van der Waals surface area contributed by atoms with Gasteiger partial charge in [-0.2, -0.15) is 0 Å². The van der Waals surface area contributed by atoms with Crippen LogP contribution < -0.4 is 10.1 Å². The van der Waals surface area contributed by atoms with E-state index in [1.54, 1.807) is 19.1 Å². The third-order valence-corrected chi connectivity index (χ3v) is 3.93. The summed E-state index contributed by atoms with van der Waals surface area (Å²) in [4.78, 5) is 28.2. The summed E-state index contributed by atoms with van der Waals surface area (Å²) in [6, 6.07) is 12.8. The number of ketones is 1. The summed E-state index contributed by atoms with van der Waals surface area (Å²) in [7, 11) is 1.52. The highest BCUT2D eigenvalue weighted by atomic mass is 16.5. The first kappa shape index (κ1) is 15.8. The molecular formula is C19H18N2O3. The molecule has 2 aromatic carbocycles. The summed E-state index contributed by atoms with van der Waals surface area (Å²) in [5.74, 6) is -0.752. The van der Waals surface area contributed by atoms with Gasteiger partial charge >= 0.3 is 0 Å². The summed E-state index contributed by atoms with van der Waals surface area (Å²) in [6.07, 6.45) is 0. The Hall–Kier alpha value is -3.08. The third kappa shape index (κ3) is 2.76. The largest absolute Gasteiger partial charge is 0.495 e. The quantitative estimate of drug-likeness (QED) is 0.569. The van der Waals surface area contributed by atoms with E-state index < -0.39 is 11.7 Å². The number of benzene rings is 2. The molecule has 0 aliphatic heterocycles. The first-order chi connectivity index (χ1) is 11.5. The van der Waals surface area contributed by atoms with Gasteiger partial charge < -0.3 is 15.0 Å². The van der Waals surface area contributed by atoms with Gasteiger partial charge in [0.25, 0.3) is 11.7 Å². The Morgan fingerprint density at radius 1 is 1.08 bits per heavy atom. The highest BCUT2D eigenvalue weighted by Gasteiger charge is 2.23. The zero-order valence-corrected chi connectivity index (χ0v) is 13.8. The van der Waals surface area contributed by atoms with E-state index in [0.29, 0.717) is 22.7 Å². The van der Waals surface area contributed by atoms with Crippen molar-refractivity contribution in [2.45, 2.75) is 13.8 Å². The molecule has 0 atom stereocenters. The predicted molar refractivity (Wildman–Crippen MR) is 93.7 cm³/mol. The second-order valence-electron chi connectivity index (χ2n) is 5.66.